The first-order valence-electron chi connectivity index (χ1n) is 9.00. The number of carbonyl (C=O) groups excluding carboxylic acids is 1. The summed E-state index contributed by atoms with van der Waals surface area (Å²) in [5.41, 5.74) is 1.71. The smallest absolute Gasteiger partial charge is 0.340 e. The number of nitrogens with one attached hydrogen (secondary N) is 1. The van der Waals surface area contributed by atoms with Crippen molar-refractivity contribution in [1.82, 2.24) is 5.32 Å². The molecule has 2 aromatic carbocycles. The van der Waals surface area contributed by atoms with Crippen molar-refractivity contribution < 1.29 is 23.8 Å². The number of fused-ring (bicyclic) bond motifs is 1. The van der Waals surface area contributed by atoms with E-state index in [2.05, 4.69) is 5.32 Å². The Hall–Kier alpha value is -3.61. The van der Waals surface area contributed by atoms with Crippen molar-refractivity contribution >= 4 is 22.8 Å². The van der Waals surface area contributed by atoms with Crippen LogP contribution in [0.1, 0.15) is 28.3 Å². The van der Waals surface area contributed by atoms with E-state index in [0.717, 1.165) is 0 Å². The van der Waals surface area contributed by atoms with E-state index >= 15 is 0 Å². The van der Waals surface area contributed by atoms with Gasteiger partial charge in [0.25, 0.3) is 0 Å². The van der Waals surface area contributed by atoms with Crippen molar-refractivity contribution in [2.75, 3.05) is 7.11 Å². The largest absolute Gasteiger partial charge is 0.496 e. The molecule has 0 aliphatic rings. The lowest BCUT2D eigenvalue weighted by Crippen LogP contribution is -2.35. The topological polar surface area (TPSA) is 106 Å². The van der Waals surface area contributed by atoms with E-state index in [1.54, 1.807) is 56.3 Å². The highest BCUT2D eigenvalue weighted by molar-refractivity contribution is 5.89. The highest BCUT2D eigenvalue weighted by atomic mass is 16.5. The van der Waals surface area contributed by atoms with Crippen LogP contribution in [0.15, 0.2) is 51.7 Å². The predicted molar refractivity (Wildman–Crippen MR) is 107 cm³/mol. The first kappa shape index (κ1) is 20.1. The number of benzene rings is 2. The van der Waals surface area contributed by atoms with Crippen LogP contribution in [0, 0.1) is 13.8 Å². The average molecular weight is 395 g/mol. The van der Waals surface area contributed by atoms with Gasteiger partial charge in [0.05, 0.1) is 19.1 Å². The minimum atomic E-state index is -1.21. The van der Waals surface area contributed by atoms with Crippen LogP contribution in [0.3, 0.4) is 0 Å². The third-order valence-electron chi connectivity index (χ3n) is 4.90. The molecule has 2 N–H and O–H groups in total. The normalized spacial score (nSPS) is 11.8. The molecule has 0 radical (unpaired) electrons. The van der Waals surface area contributed by atoms with Gasteiger partial charge in [0.1, 0.15) is 11.3 Å². The summed E-state index contributed by atoms with van der Waals surface area (Å²) >= 11 is 0. The molecule has 0 saturated heterocycles. The molecule has 0 bridgehead atoms. The SMILES string of the molecule is COc1ccc2c(C)c(CC(=O)N[C@@H](C(=O)O)c3ccccc3)c(=O)oc2c1C. The molecule has 150 valence electrons. The van der Waals surface area contributed by atoms with Crippen LogP contribution in [0.25, 0.3) is 11.0 Å². The van der Waals surface area contributed by atoms with Crippen molar-refractivity contribution in [3.05, 3.63) is 75.1 Å². The number of aryl methyl sites for hydroxylation is 2. The highest BCUT2D eigenvalue weighted by Crippen LogP contribution is 2.29. The maximum Gasteiger partial charge on any atom is 0.340 e. The van der Waals surface area contributed by atoms with Crippen molar-refractivity contribution in [2.24, 2.45) is 0 Å². The van der Waals surface area contributed by atoms with E-state index in [0.29, 0.717) is 33.4 Å². The Labute approximate surface area is 166 Å². The monoisotopic (exact) mass is 395 g/mol. The second-order valence-electron chi connectivity index (χ2n) is 6.69. The fraction of sp³-hybridized carbons (Fsp3) is 0.227. The van der Waals surface area contributed by atoms with Gasteiger partial charge in [-0.1, -0.05) is 30.3 Å². The number of carboxylic acids is 1. The van der Waals surface area contributed by atoms with Crippen LogP contribution in [0.5, 0.6) is 5.75 Å². The molecule has 0 aliphatic heterocycles. The molecule has 7 nitrogen and oxygen atoms in total. The van der Waals surface area contributed by atoms with Crippen molar-refractivity contribution in [3.63, 3.8) is 0 Å². The lowest BCUT2D eigenvalue weighted by Gasteiger charge is -2.16. The van der Waals surface area contributed by atoms with Gasteiger partial charge in [-0.2, -0.15) is 0 Å². The van der Waals surface area contributed by atoms with Gasteiger partial charge in [-0.3, -0.25) is 4.79 Å². The van der Waals surface area contributed by atoms with E-state index in [9.17, 15) is 19.5 Å². The second kappa shape index (κ2) is 8.18. The number of aliphatic carboxylic acids is 1. The standard InChI is InChI=1S/C22H21NO6/c1-12-15-9-10-17(28-3)13(2)20(15)29-22(27)16(12)11-18(24)23-19(21(25)26)14-7-5-4-6-8-14/h4-10,19H,11H2,1-3H3,(H,23,24)(H,25,26)/t19-/m1/s1. The number of amides is 1. The third kappa shape index (κ3) is 3.99. The predicted octanol–water partition coefficient (Wildman–Crippen LogP) is 2.90. The van der Waals surface area contributed by atoms with E-state index in [1.165, 1.54) is 7.11 Å². The van der Waals surface area contributed by atoms with Gasteiger partial charge < -0.3 is 19.6 Å². The highest BCUT2D eigenvalue weighted by Gasteiger charge is 2.24. The van der Waals surface area contributed by atoms with Crippen LogP contribution in [-0.4, -0.2) is 24.1 Å². The number of rotatable bonds is 6. The summed E-state index contributed by atoms with van der Waals surface area (Å²) < 4.78 is 10.7. The Morgan fingerprint density at radius 1 is 1.10 bits per heavy atom. The Balaban J connectivity index is 1.92. The van der Waals surface area contributed by atoms with Crippen molar-refractivity contribution in [2.45, 2.75) is 26.3 Å². The van der Waals surface area contributed by atoms with E-state index in [-0.39, 0.29) is 12.0 Å². The molecule has 0 unspecified atom stereocenters. The number of carboxylic acid groups (broad SMARTS) is 1. The third-order valence-corrected chi connectivity index (χ3v) is 4.90. The lowest BCUT2D eigenvalue weighted by molar-refractivity contribution is -0.142. The molecular weight excluding hydrogens is 374 g/mol. The zero-order valence-electron chi connectivity index (χ0n) is 16.3. The molecule has 1 aromatic heterocycles. The van der Waals surface area contributed by atoms with Gasteiger partial charge in [-0.25, -0.2) is 9.59 Å². The second-order valence-corrected chi connectivity index (χ2v) is 6.69. The molecule has 0 saturated carbocycles. The average Bonchev–Trinajstić information content (AvgIpc) is 2.70. The number of carbonyl (C=O) groups is 2. The molecule has 0 aliphatic carbocycles. The van der Waals surface area contributed by atoms with Crippen molar-refractivity contribution in [3.8, 4) is 5.75 Å². The quantitative estimate of drug-likeness (QED) is 0.622. The summed E-state index contributed by atoms with van der Waals surface area (Å²) in [6.45, 7) is 3.52. The molecule has 3 aromatic rings. The van der Waals surface area contributed by atoms with E-state index < -0.39 is 23.5 Å². The summed E-state index contributed by atoms with van der Waals surface area (Å²) in [4.78, 5) is 36.6. The molecule has 29 heavy (non-hydrogen) atoms. The summed E-state index contributed by atoms with van der Waals surface area (Å²) in [7, 11) is 1.53. The molecule has 3 rings (SSSR count). The lowest BCUT2D eigenvalue weighted by atomic mass is 10.0. The van der Waals surface area contributed by atoms with Crippen LogP contribution in [-0.2, 0) is 16.0 Å². The number of ether oxygens (including phenoxy) is 1. The van der Waals surface area contributed by atoms with Crippen LogP contribution >= 0.6 is 0 Å². The number of hydrogen-bond acceptors (Lipinski definition) is 5. The molecule has 7 heteroatoms. The molecule has 0 fully saturated rings. The first-order chi connectivity index (χ1) is 13.8. The van der Waals surface area contributed by atoms with Gasteiger partial charge in [0.15, 0.2) is 6.04 Å². The summed E-state index contributed by atoms with van der Waals surface area (Å²) in [6.07, 6.45) is -0.286. The van der Waals surface area contributed by atoms with Gasteiger partial charge >= 0.3 is 11.6 Å². The van der Waals surface area contributed by atoms with Crippen LogP contribution < -0.4 is 15.7 Å². The van der Waals surface area contributed by atoms with Crippen LogP contribution in [0.4, 0.5) is 0 Å². The zero-order chi connectivity index (χ0) is 21.1. The first-order valence-corrected chi connectivity index (χ1v) is 9.00. The molecule has 0 spiro atoms. The Kier molecular flexibility index (Phi) is 5.68. The van der Waals surface area contributed by atoms with Crippen LogP contribution in [0.2, 0.25) is 0 Å². The fourth-order valence-electron chi connectivity index (χ4n) is 3.30. The summed E-state index contributed by atoms with van der Waals surface area (Å²) in [5.74, 6) is -1.17. The molecule has 1 amide bonds. The van der Waals surface area contributed by atoms with Crippen molar-refractivity contribution in [1.29, 1.82) is 0 Å². The van der Waals surface area contributed by atoms with Gasteiger partial charge in [0, 0.05) is 10.9 Å². The fourth-order valence-corrected chi connectivity index (χ4v) is 3.30. The molecule has 1 atom stereocenters. The Bertz CT molecular complexity index is 1130. The maximum absolute atomic E-state index is 12.5. The minimum absolute atomic E-state index is 0.191. The Morgan fingerprint density at radius 2 is 1.79 bits per heavy atom. The van der Waals surface area contributed by atoms with Gasteiger partial charge in [-0.05, 0) is 37.1 Å². The Morgan fingerprint density at radius 3 is 2.41 bits per heavy atom. The van der Waals surface area contributed by atoms with Gasteiger partial charge in [0.2, 0.25) is 5.91 Å². The van der Waals surface area contributed by atoms with E-state index in [4.69, 9.17) is 9.15 Å². The zero-order valence-corrected chi connectivity index (χ0v) is 16.3. The minimum Gasteiger partial charge on any atom is -0.496 e. The van der Waals surface area contributed by atoms with E-state index in [1.807, 2.05) is 0 Å². The number of methoxy groups -OCH3 is 1. The summed E-state index contributed by atoms with van der Waals surface area (Å²) in [5, 5.41) is 12.6. The summed E-state index contributed by atoms with van der Waals surface area (Å²) in [6, 6.07) is 10.7. The maximum atomic E-state index is 12.5. The molecular formula is C22H21NO6. The van der Waals surface area contributed by atoms with Gasteiger partial charge in [-0.15, -0.1) is 0 Å². The molecule has 1 heterocycles. The number of hydrogen-bond donors (Lipinski definition) is 2.